The summed E-state index contributed by atoms with van der Waals surface area (Å²) in [6.45, 7) is 2.09. The smallest absolute Gasteiger partial charge is 0.342 e. The van der Waals surface area contributed by atoms with Gasteiger partial charge in [0, 0.05) is 25.1 Å². The van der Waals surface area contributed by atoms with Crippen LogP contribution >= 0.6 is 15.9 Å². The van der Waals surface area contributed by atoms with Crippen LogP contribution in [0.4, 0.5) is 0 Å². The number of hydrogen-bond acceptors (Lipinski definition) is 2. The van der Waals surface area contributed by atoms with Crippen LogP contribution in [0.15, 0.2) is 30.3 Å². The number of halogens is 1. The van der Waals surface area contributed by atoms with Crippen molar-refractivity contribution in [3.05, 3.63) is 35.9 Å². The van der Waals surface area contributed by atoms with E-state index >= 15 is 0 Å². The largest absolute Gasteiger partial charge is 0.397 e. The van der Waals surface area contributed by atoms with Crippen molar-refractivity contribution >= 4 is 24.5 Å². The molecule has 0 saturated heterocycles. The van der Waals surface area contributed by atoms with Gasteiger partial charge in [0.2, 0.25) is 0 Å². The first-order chi connectivity index (χ1) is 7.18. The van der Waals surface area contributed by atoms with Gasteiger partial charge in [-0.15, -0.1) is 0 Å². The highest BCUT2D eigenvalue weighted by atomic mass is 79.9. The highest BCUT2D eigenvalue weighted by Gasteiger charge is 2.39. The maximum atomic E-state index is 5.58. The zero-order valence-corrected chi connectivity index (χ0v) is 12.0. The minimum Gasteiger partial charge on any atom is -0.397 e. The summed E-state index contributed by atoms with van der Waals surface area (Å²) in [6.07, 6.45) is 0. The van der Waals surface area contributed by atoms with Crippen molar-refractivity contribution in [2.24, 2.45) is 0 Å². The van der Waals surface area contributed by atoms with E-state index in [0.717, 1.165) is 5.33 Å². The van der Waals surface area contributed by atoms with E-state index in [0.29, 0.717) is 5.54 Å². The molecule has 0 aromatic heterocycles. The molecule has 0 N–H and O–H groups in total. The fraction of sp³-hybridized carbons (Fsp3) is 0.455. The number of rotatable bonds is 5. The first-order valence-electron chi connectivity index (χ1n) is 4.89. The van der Waals surface area contributed by atoms with E-state index in [1.165, 1.54) is 5.56 Å². The molecular weight excluding hydrogens is 272 g/mol. The quantitative estimate of drug-likeness (QED) is 0.612. The minimum absolute atomic E-state index is 0.314. The molecule has 0 heterocycles. The van der Waals surface area contributed by atoms with E-state index in [9.17, 15) is 0 Å². The van der Waals surface area contributed by atoms with Crippen molar-refractivity contribution in [1.82, 2.24) is 0 Å². The monoisotopic (exact) mass is 288 g/mol. The van der Waals surface area contributed by atoms with Crippen LogP contribution in [0.3, 0.4) is 0 Å². The van der Waals surface area contributed by atoms with Crippen LogP contribution in [0, 0.1) is 0 Å². The Kier molecular flexibility index (Phi) is 4.98. The van der Waals surface area contributed by atoms with E-state index < -0.39 is 8.56 Å². The molecule has 0 aliphatic heterocycles. The second-order valence-electron chi connectivity index (χ2n) is 3.54. The third-order valence-corrected chi connectivity index (χ3v) is 7.47. The Morgan fingerprint density at radius 3 is 2.13 bits per heavy atom. The summed E-state index contributed by atoms with van der Waals surface area (Å²) in [5.41, 5.74) is 1.58. The predicted molar refractivity (Wildman–Crippen MR) is 68.6 cm³/mol. The van der Waals surface area contributed by atoms with Crippen molar-refractivity contribution < 1.29 is 8.85 Å². The molecule has 0 radical (unpaired) electrons. The Hall–Kier alpha value is -0.163. The molecule has 0 aliphatic rings. The van der Waals surface area contributed by atoms with Crippen LogP contribution in [-0.2, 0) is 8.85 Å². The molecular formula is C11H17BrO2Si. The van der Waals surface area contributed by atoms with E-state index in [4.69, 9.17) is 8.85 Å². The maximum absolute atomic E-state index is 5.58. The summed E-state index contributed by atoms with van der Waals surface area (Å²) in [5, 5.41) is 0.863. The molecule has 0 amide bonds. The molecule has 15 heavy (non-hydrogen) atoms. The van der Waals surface area contributed by atoms with Gasteiger partial charge in [0.05, 0.1) is 0 Å². The molecule has 0 aliphatic carbocycles. The Labute approximate surface area is 101 Å². The molecule has 0 fully saturated rings. The standard InChI is InChI=1S/C11H17BrO2Si/c1-13-15(3,14-2)11(9-12)10-7-5-4-6-8-10/h4-8,11H,9H2,1-3H3. The fourth-order valence-corrected chi connectivity index (χ4v) is 5.54. The van der Waals surface area contributed by atoms with Gasteiger partial charge in [0.1, 0.15) is 0 Å². The molecule has 1 unspecified atom stereocenters. The molecule has 1 aromatic carbocycles. The summed E-state index contributed by atoms with van der Waals surface area (Å²) in [6, 6.07) is 10.4. The first-order valence-corrected chi connectivity index (χ1v) is 8.40. The third kappa shape index (κ3) is 2.90. The van der Waals surface area contributed by atoms with E-state index in [-0.39, 0.29) is 0 Å². The van der Waals surface area contributed by atoms with Crippen LogP contribution in [-0.4, -0.2) is 28.1 Å². The van der Waals surface area contributed by atoms with Crippen LogP contribution in [0.5, 0.6) is 0 Å². The summed E-state index contributed by atoms with van der Waals surface area (Å²) < 4.78 is 11.2. The van der Waals surface area contributed by atoms with Crippen molar-refractivity contribution in [3.63, 3.8) is 0 Å². The van der Waals surface area contributed by atoms with Crippen LogP contribution < -0.4 is 0 Å². The second kappa shape index (κ2) is 5.79. The van der Waals surface area contributed by atoms with Gasteiger partial charge in [-0.2, -0.15) is 0 Å². The van der Waals surface area contributed by atoms with Gasteiger partial charge >= 0.3 is 8.56 Å². The molecule has 1 rings (SSSR count). The number of benzene rings is 1. The average molecular weight is 289 g/mol. The van der Waals surface area contributed by atoms with Crippen molar-refractivity contribution in [2.75, 3.05) is 19.5 Å². The van der Waals surface area contributed by atoms with Gasteiger partial charge < -0.3 is 8.85 Å². The van der Waals surface area contributed by atoms with Crippen molar-refractivity contribution in [2.45, 2.75) is 12.1 Å². The Balaban J connectivity index is 2.98. The normalized spacial score (nSPS) is 13.9. The van der Waals surface area contributed by atoms with E-state index in [1.807, 2.05) is 18.2 Å². The fourth-order valence-electron chi connectivity index (χ4n) is 1.59. The Morgan fingerprint density at radius 1 is 1.20 bits per heavy atom. The third-order valence-electron chi connectivity index (χ3n) is 2.80. The molecule has 2 nitrogen and oxygen atoms in total. The van der Waals surface area contributed by atoms with Crippen LogP contribution in [0.1, 0.15) is 11.1 Å². The summed E-state index contributed by atoms with van der Waals surface area (Å²) in [7, 11) is 1.35. The molecule has 4 heteroatoms. The van der Waals surface area contributed by atoms with E-state index in [1.54, 1.807) is 14.2 Å². The molecule has 0 spiro atoms. The van der Waals surface area contributed by atoms with E-state index in [2.05, 4.69) is 34.6 Å². The van der Waals surface area contributed by atoms with Crippen LogP contribution in [0.2, 0.25) is 6.55 Å². The molecule has 1 atom stereocenters. The van der Waals surface area contributed by atoms with Gasteiger partial charge in [0.25, 0.3) is 0 Å². The van der Waals surface area contributed by atoms with Crippen LogP contribution in [0.25, 0.3) is 0 Å². The average Bonchev–Trinajstić information content (AvgIpc) is 2.31. The summed E-state index contributed by atoms with van der Waals surface area (Å²) in [4.78, 5) is 0. The van der Waals surface area contributed by atoms with Gasteiger partial charge in [-0.05, 0) is 12.1 Å². The predicted octanol–water partition coefficient (Wildman–Crippen LogP) is 3.07. The Morgan fingerprint density at radius 2 is 1.73 bits per heavy atom. The number of hydrogen-bond donors (Lipinski definition) is 0. The summed E-state index contributed by atoms with van der Waals surface area (Å²) >= 11 is 3.54. The topological polar surface area (TPSA) is 18.5 Å². The lowest BCUT2D eigenvalue weighted by Gasteiger charge is -2.31. The lowest BCUT2D eigenvalue weighted by molar-refractivity contribution is 0.241. The molecule has 84 valence electrons. The molecule has 1 aromatic rings. The zero-order valence-electron chi connectivity index (χ0n) is 9.37. The Bertz CT molecular complexity index is 288. The maximum Gasteiger partial charge on any atom is 0.342 e. The highest BCUT2D eigenvalue weighted by Crippen LogP contribution is 2.29. The SMILES string of the molecule is CO[Si](C)(OC)C(CBr)c1ccccc1. The molecule has 0 saturated carbocycles. The summed E-state index contributed by atoms with van der Waals surface area (Å²) in [5.74, 6) is 0. The van der Waals surface area contributed by atoms with Gasteiger partial charge in [-0.25, -0.2) is 0 Å². The van der Waals surface area contributed by atoms with Crippen molar-refractivity contribution in [3.8, 4) is 0 Å². The van der Waals surface area contributed by atoms with Crippen molar-refractivity contribution in [1.29, 1.82) is 0 Å². The minimum atomic E-state index is -2.11. The number of alkyl halides is 1. The first kappa shape index (κ1) is 12.9. The molecule has 0 bridgehead atoms. The van der Waals surface area contributed by atoms with Gasteiger partial charge in [-0.3, -0.25) is 0 Å². The second-order valence-corrected chi connectivity index (χ2v) is 7.73. The lowest BCUT2D eigenvalue weighted by Crippen LogP contribution is -2.44. The lowest BCUT2D eigenvalue weighted by atomic mass is 10.2. The van der Waals surface area contributed by atoms with Gasteiger partial charge in [0.15, 0.2) is 0 Å². The highest BCUT2D eigenvalue weighted by molar-refractivity contribution is 9.09. The zero-order chi connectivity index (χ0) is 11.3. The van der Waals surface area contributed by atoms with Gasteiger partial charge in [-0.1, -0.05) is 46.3 Å².